The highest BCUT2D eigenvalue weighted by Crippen LogP contribution is 2.18. The van der Waals surface area contributed by atoms with Crippen molar-refractivity contribution < 1.29 is 0 Å². The van der Waals surface area contributed by atoms with Gasteiger partial charge in [0.2, 0.25) is 5.28 Å². The molecule has 1 aromatic heterocycles. The predicted molar refractivity (Wildman–Crippen MR) is 72.4 cm³/mol. The van der Waals surface area contributed by atoms with Crippen molar-refractivity contribution in [2.45, 2.75) is 6.54 Å². The number of nitrogens with zero attached hydrogens (tertiary/aromatic N) is 2. The van der Waals surface area contributed by atoms with Gasteiger partial charge in [-0.15, -0.1) is 0 Å². The standard InChI is InChI=1S/C12H11Cl2N3O/c13-8-1-2-10-9(3-8)11(18)17(12(14)16-10)6-7-4-15-5-7/h1-3,7,15H,4-6H2. The van der Waals surface area contributed by atoms with Gasteiger partial charge in [0.1, 0.15) is 0 Å². The van der Waals surface area contributed by atoms with Crippen LogP contribution < -0.4 is 10.9 Å². The molecule has 0 amide bonds. The molecule has 0 atom stereocenters. The Bertz CT molecular complexity index is 664. The van der Waals surface area contributed by atoms with E-state index >= 15 is 0 Å². The van der Waals surface area contributed by atoms with Crippen LogP contribution in [-0.4, -0.2) is 22.6 Å². The number of fused-ring (bicyclic) bond motifs is 1. The van der Waals surface area contributed by atoms with E-state index in [-0.39, 0.29) is 10.8 Å². The fraction of sp³-hybridized carbons (Fsp3) is 0.333. The Kier molecular flexibility index (Phi) is 3.01. The molecule has 94 valence electrons. The molecule has 4 nitrogen and oxygen atoms in total. The third kappa shape index (κ3) is 2.00. The highest BCUT2D eigenvalue weighted by atomic mass is 35.5. The van der Waals surface area contributed by atoms with Gasteiger partial charge >= 0.3 is 0 Å². The summed E-state index contributed by atoms with van der Waals surface area (Å²) in [5.74, 6) is 0.443. The van der Waals surface area contributed by atoms with Gasteiger partial charge < -0.3 is 5.32 Å². The number of halogens is 2. The Hall–Kier alpha value is -1.10. The van der Waals surface area contributed by atoms with Gasteiger partial charge in [-0.2, -0.15) is 0 Å². The average Bonchev–Trinajstić information content (AvgIpc) is 2.28. The largest absolute Gasteiger partial charge is 0.316 e. The lowest BCUT2D eigenvalue weighted by atomic mass is 10.0. The molecule has 2 heterocycles. The molecular weight excluding hydrogens is 273 g/mol. The summed E-state index contributed by atoms with van der Waals surface area (Å²) in [6.07, 6.45) is 0. The first-order chi connectivity index (χ1) is 8.65. The molecule has 1 aliphatic heterocycles. The lowest BCUT2D eigenvalue weighted by Crippen LogP contribution is -2.45. The van der Waals surface area contributed by atoms with E-state index < -0.39 is 0 Å². The number of hydrogen-bond acceptors (Lipinski definition) is 3. The van der Waals surface area contributed by atoms with Gasteiger partial charge in [0.15, 0.2) is 0 Å². The third-order valence-corrected chi connectivity index (χ3v) is 3.70. The highest BCUT2D eigenvalue weighted by Gasteiger charge is 2.20. The van der Waals surface area contributed by atoms with Crippen molar-refractivity contribution in [3.8, 4) is 0 Å². The van der Waals surface area contributed by atoms with Gasteiger partial charge in [-0.3, -0.25) is 9.36 Å². The maximum Gasteiger partial charge on any atom is 0.262 e. The van der Waals surface area contributed by atoms with Crippen LogP contribution in [0, 0.1) is 5.92 Å². The molecule has 1 aromatic carbocycles. The zero-order valence-electron chi connectivity index (χ0n) is 9.49. The van der Waals surface area contributed by atoms with Crippen molar-refractivity contribution >= 4 is 34.1 Å². The maximum absolute atomic E-state index is 12.3. The predicted octanol–water partition coefficient (Wildman–Crippen LogP) is 1.92. The minimum Gasteiger partial charge on any atom is -0.316 e. The van der Waals surface area contributed by atoms with Gasteiger partial charge in [0.25, 0.3) is 5.56 Å². The molecule has 6 heteroatoms. The molecule has 0 aliphatic carbocycles. The van der Waals surface area contributed by atoms with Crippen molar-refractivity contribution in [1.82, 2.24) is 14.9 Å². The van der Waals surface area contributed by atoms with Crippen molar-refractivity contribution in [1.29, 1.82) is 0 Å². The van der Waals surface area contributed by atoms with E-state index in [9.17, 15) is 4.79 Å². The number of aromatic nitrogens is 2. The first kappa shape index (κ1) is 12.0. The number of hydrogen-bond donors (Lipinski definition) is 1. The van der Waals surface area contributed by atoms with Crippen LogP contribution in [0.4, 0.5) is 0 Å². The summed E-state index contributed by atoms with van der Waals surface area (Å²) in [4.78, 5) is 16.6. The summed E-state index contributed by atoms with van der Waals surface area (Å²) in [6.45, 7) is 2.42. The van der Waals surface area contributed by atoms with Gasteiger partial charge in [0.05, 0.1) is 10.9 Å². The van der Waals surface area contributed by atoms with Crippen molar-refractivity contribution in [2.75, 3.05) is 13.1 Å². The fourth-order valence-corrected chi connectivity index (χ4v) is 2.47. The molecule has 0 bridgehead atoms. The van der Waals surface area contributed by atoms with E-state index in [4.69, 9.17) is 23.2 Å². The van der Waals surface area contributed by atoms with Crippen molar-refractivity contribution in [3.05, 3.63) is 38.9 Å². The monoisotopic (exact) mass is 283 g/mol. The summed E-state index contributed by atoms with van der Waals surface area (Å²) in [6, 6.07) is 5.05. The lowest BCUT2D eigenvalue weighted by Gasteiger charge is -2.27. The second-order valence-corrected chi connectivity index (χ2v) is 5.26. The number of nitrogens with one attached hydrogen (secondary N) is 1. The van der Waals surface area contributed by atoms with Crippen LogP contribution >= 0.6 is 23.2 Å². The molecule has 0 radical (unpaired) electrons. The van der Waals surface area contributed by atoms with Gasteiger partial charge in [0, 0.05) is 30.6 Å². The first-order valence-electron chi connectivity index (χ1n) is 5.71. The molecule has 1 saturated heterocycles. The topological polar surface area (TPSA) is 46.9 Å². The zero-order valence-corrected chi connectivity index (χ0v) is 11.0. The Labute approximate surface area is 114 Å². The molecule has 3 rings (SSSR count). The van der Waals surface area contributed by atoms with Crippen LogP contribution in [-0.2, 0) is 6.54 Å². The molecule has 0 saturated carbocycles. The Morgan fingerprint density at radius 1 is 1.39 bits per heavy atom. The quantitative estimate of drug-likeness (QED) is 0.857. The second-order valence-electron chi connectivity index (χ2n) is 4.48. The van der Waals surface area contributed by atoms with Crippen LogP contribution in [0.25, 0.3) is 10.9 Å². The smallest absolute Gasteiger partial charge is 0.262 e. The van der Waals surface area contributed by atoms with Crippen LogP contribution in [0.5, 0.6) is 0 Å². The Balaban J connectivity index is 2.15. The van der Waals surface area contributed by atoms with Crippen LogP contribution in [0.15, 0.2) is 23.0 Å². The van der Waals surface area contributed by atoms with E-state index in [2.05, 4.69) is 10.3 Å². The molecule has 1 fully saturated rings. The maximum atomic E-state index is 12.3. The molecule has 1 N–H and O–H groups in total. The number of benzene rings is 1. The average molecular weight is 284 g/mol. The van der Waals surface area contributed by atoms with Crippen LogP contribution in [0.3, 0.4) is 0 Å². The summed E-state index contributed by atoms with van der Waals surface area (Å²) in [7, 11) is 0. The lowest BCUT2D eigenvalue weighted by molar-refractivity contribution is 0.303. The van der Waals surface area contributed by atoms with Crippen LogP contribution in [0.2, 0.25) is 10.3 Å². The second kappa shape index (κ2) is 4.53. The van der Waals surface area contributed by atoms with Gasteiger partial charge in [-0.25, -0.2) is 4.98 Å². The van der Waals surface area contributed by atoms with Crippen molar-refractivity contribution in [3.63, 3.8) is 0 Å². The molecule has 18 heavy (non-hydrogen) atoms. The van der Waals surface area contributed by atoms with E-state index in [1.54, 1.807) is 18.2 Å². The number of rotatable bonds is 2. The normalized spacial score (nSPS) is 15.9. The molecule has 1 aliphatic rings. The van der Waals surface area contributed by atoms with E-state index in [1.807, 2.05) is 0 Å². The van der Waals surface area contributed by atoms with E-state index in [0.717, 1.165) is 13.1 Å². The van der Waals surface area contributed by atoms with Crippen LogP contribution in [0.1, 0.15) is 0 Å². The summed E-state index contributed by atoms with van der Waals surface area (Å²) < 4.78 is 1.52. The molecule has 0 spiro atoms. The van der Waals surface area contributed by atoms with E-state index in [0.29, 0.717) is 28.4 Å². The third-order valence-electron chi connectivity index (χ3n) is 3.18. The van der Waals surface area contributed by atoms with Gasteiger partial charge in [-0.1, -0.05) is 11.6 Å². The zero-order chi connectivity index (χ0) is 12.7. The highest BCUT2D eigenvalue weighted by molar-refractivity contribution is 6.31. The summed E-state index contributed by atoms with van der Waals surface area (Å²) in [5.41, 5.74) is 0.455. The van der Waals surface area contributed by atoms with Crippen molar-refractivity contribution in [2.24, 2.45) is 5.92 Å². The summed E-state index contributed by atoms with van der Waals surface area (Å²) >= 11 is 12.0. The summed E-state index contributed by atoms with van der Waals surface area (Å²) in [5, 5.41) is 4.45. The van der Waals surface area contributed by atoms with Gasteiger partial charge in [-0.05, 0) is 29.8 Å². The molecule has 0 unspecified atom stereocenters. The first-order valence-corrected chi connectivity index (χ1v) is 6.47. The SMILES string of the molecule is O=c1c2cc(Cl)ccc2nc(Cl)n1CC1CNC1. The van der Waals surface area contributed by atoms with E-state index in [1.165, 1.54) is 4.57 Å². The Morgan fingerprint density at radius 2 is 2.17 bits per heavy atom. The minimum atomic E-state index is -0.126. The minimum absolute atomic E-state index is 0.126. The molecule has 2 aromatic rings. The Morgan fingerprint density at radius 3 is 2.83 bits per heavy atom. The molecular formula is C12H11Cl2N3O. The fourth-order valence-electron chi connectivity index (χ4n) is 2.06.